The number of hydrogen-bond donors (Lipinski definition) is 3. The number of aromatic carboxylic acids is 1. The van der Waals surface area contributed by atoms with Gasteiger partial charge in [0.1, 0.15) is 11.6 Å². The van der Waals surface area contributed by atoms with E-state index in [9.17, 15) is 36.0 Å². The van der Waals surface area contributed by atoms with E-state index in [1.807, 2.05) is 6.08 Å². The molecule has 0 unspecified atom stereocenters. The monoisotopic (exact) mass is 632 g/mol. The third-order valence-corrected chi connectivity index (χ3v) is 9.24. The molecule has 230 valence electrons. The van der Waals surface area contributed by atoms with E-state index in [2.05, 4.69) is 10.6 Å². The van der Waals surface area contributed by atoms with Crippen LogP contribution in [0.4, 0.5) is 23.2 Å². The molecule has 0 heterocycles. The number of alkyl halides is 3. The molecular weight excluding hydrogens is 608 g/mol. The second kappa shape index (κ2) is 11.4. The van der Waals surface area contributed by atoms with Crippen LogP contribution in [0.15, 0.2) is 77.7 Å². The summed E-state index contributed by atoms with van der Waals surface area (Å²) >= 11 is 0. The average molecular weight is 633 g/mol. The van der Waals surface area contributed by atoms with Crippen molar-refractivity contribution in [2.75, 3.05) is 12.4 Å². The second-order valence-corrected chi connectivity index (χ2v) is 12.3. The molecule has 1 saturated carbocycles. The maximum absolute atomic E-state index is 15.0. The largest absolute Gasteiger partial charge is 0.501 e. The highest BCUT2D eigenvalue weighted by molar-refractivity contribution is 7.92. The number of nitrogens with one attached hydrogen (secondary N) is 2. The SMILES string of the molecule is COc1cc(F)c(-c2ccc(C(=O)O)cc2)cc1C(=O)N[C@@H]1[C@H](C(=O)Nc2cccc(S(=O)(=O)C(F)(F)F)c2)[C@H]2C=C[C@@H]1C2. The minimum Gasteiger partial charge on any atom is -0.496 e. The fourth-order valence-electron chi connectivity index (χ4n) is 5.62. The molecule has 2 aliphatic carbocycles. The van der Waals surface area contributed by atoms with Crippen LogP contribution in [-0.4, -0.2) is 50.0 Å². The van der Waals surface area contributed by atoms with Gasteiger partial charge >= 0.3 is 11.5 Å². The van der Waals surface area contributed by atoms with Gasteiger partial charge in [0, 0.05) is 23.4 Å². The zero-order valence-corrected chi connectivity index (χ0v) is 23.6. The summed E-state index contributed by atoms with van der Waals surface area (Å²) in [5, 5.41) is 14.4. The van der Waals surface area contributed by atoms with Crippen LogP contribution in [-0.2, 0) is 14.6 Å². The topological polar surface area (TPSA) is 139 Å². The Hall–Kier alpha value is -4.72. The van der Waals surface area contributed by atoms with Crippen LogP contribution < -0.4 is 15.4 Å². The summed E-state index contributed by atoms with van der Waals surface area (Å²) in [5.41, 5.74) is -5.45. The number of carbonyl (C=O) groups excluding carboxylic acids is 2. The number of carboxylic acid groups (broad SMARTS) is 1. The highest BCUT2D eigenvalue weighted by Crippen LogP contribution is 2.45. The quantitative estimate of drug-likeness (QED) is 0.233. The van der Waals surface area contributed by atoms with Crippen molar-refractivity contribution in [1.82, 2.24) is 5.32 Å². The summed E-state index contributed by atoms with van der Waals surface area (Å²) in [5.74, 6) is -4.73. The third kappa shape index (κ3) is 5.64. The molecule has 3 aromatic rings. The van der Waals surface area contributed by atoms with Crippen molar-refractivity contribution in [3.8, 4) is 16.9 Å². The molecule has 1 fully saturated rings. The Bertz CT molecular complexity index is 1790. The lowest BCUT2D eigenvalue weighted by atomic mass is 9.87. The van der Waals surface area contributed by atoms with E-state index in [1.54, 1.807) is 6.08 Å². The molecule has 5 rings (SSSR count). The first kappa shape index (κ1) is 30.7. The molecule has 9 nitrogen and oxygen atoms in total. The number of rotatable bonds is 8. The van der Waals surface area contributed by atoms with Crippen LogP contribution in [0, 0.1) is 23.6 Å². The molecule has 44 heavy (non-hydrogen) atoms. The zero-order valence-electron chi connectivity index (χ0n) is 22.8. The molecule has 0 saturated heterocycles. The molecule has 2 aliphatic rings. The van der Waals surface area contributed by atoms with Crippen LogP contribution in [0.1, 0.15) is 27.1 Å². The van der Waals surface area contributed by atoms with Crippen LogP contribution >= 0.6 is 0 Å². The van der Waals surface area contributed by atoms with Gasteiger partial charge in [0.05, 0.1) is 29.1 Å². The highest BCUT2D eigenvalue weighted by Gasteiger charge is 2.49. The Balaban J connectivity index is 1.40. The second-order valence-electron chi connectivity index (χ2n) is 10.4. The van der Waals surface area contributed by atoms with E-state index in [1.165, 1.54) is 43.5 Å². The molecule has 2 bridgehead atoms. The summed E-state index contributed by atoms with van der Waals surface area (Å²) in [7, 11) is -4.40. The molecule has 0 radical (unpaired) electrons. The van der Waals surface area contributed by atoms with Crippen molar-refractivity contribution in [3.63, 3.8) is 0 Å². The smallest absolute Gasteiger partial charge is 0.496 e. The van der Waals surface area contributed by atoms with Gasteiger partial charge < -0.3 is 20.5 Å². The lowest BCUT2D eigenvalue weighted by molar-refractivity contribution is -0.121. The van der Waals surface area contributed by atoms with Crippen LogP contribution in [0.2, 0.25) is 0 Å². The number of halogens is 4. The number of hydrogen-bond acceptors (Lipinski definition) is 6. The molecule has 3 N–H and O–H groups in total. The Kier molecular flexibility index (Phi) is 7.97. The number of anilines is 1. The fourth-order valence-corrected chi connectivity index (χ4v) is 6.43. The molecular formula is C30H24F4N2O7S. The standard InChI is InChI=1S/C30H24F4N2O7S/c1-43-24-14-23(31)21(15-5-7-16(8-6-15)29(39)40)13-22(24)27(37)36-26-18-10-9-17(11-18)25(26)28(38)35-19-3-2-4-20(12-19)44(41,42)30(32,33)34/h2-10,12-14,17-18,25-26H,11H2,1H3,(H,35,38)(H,36,37)(H,39,40)/t17-,18+,25+,26-/m0/s1. The number of carboxylic acids is 1. The van der Waals surface area contributed by atoms with E-state index in [0.717, 1.165) is 18.2 Å². The van der Waals surface area contributed by atoms with Gasteiger partial charge in [-0.05, 0) is 60.2 Å². The van der Waals surface area contributed by atoms with E-state index in [0.29, 0.717) is 18.1 Å². The number of benzene rings is 3. The van der Waals surface area contributed by atoms with Gasteiger partial charge in [0.2, 0.25) is 5.91 Å². The van der Waals surface area contributed by atoms with Gasteiger partial charge in [0.25, 0.3) is 15.7 Å². The average Bonchev–Trinajstić information content (AvgIpc) is 3.58. The van der Waals surface area contributed by atoms with Crippen LogP contribution in [0.25, 0.3) is 11.1 Å². The van der Waals surface area contributed by atoms with Crippen LogP contribution in [0.5, 0.6) is 5.75 Å². The van der Waals surface area contributed by atoms with Crippen LogP contribution in [0.3, 0.4) is 0 Å². The minimum absolute atomic E-state index is 0.00344. The normalized spacial score (nSPS) is 20.8. The number of ether oxygens (including phenoxy) is 1. The van der Waals surface area contributed by atoms with Gasteiger partial charge in [-0.2, -0.15) is 13.2 Å². The Morgan fingerprint density at radius 2 is 1.66 bits per heavy atom. The minimum atomic E-state index is -5.64. The summed E-state index contributed by atoms with van der Waals surface area (Å²) in [6, 6.07) is 10.7. The summed E-state index contributed by atoms with van der Waals surface area (Å²) < 4.78 is 83.0. The van der Waals surface area contributed by atoms with Crippen molar-refractivity contribution in [3.05, 3.63) is 89.8 Å². The van der Waals surface area contributed by atoms with E-state index in [-0.39, 0.29) is 40.0 Å². The number of fused-ring (bicyclic) bond motifs is 2. The van der Waals surface area contributed by atoms with Gasteiger partial charge in [-0.3, -0.25) is 9.59 Å². The molecule has 0 spiro atoms. The number of methoxy groups -OCH3 is 1. The number of allylic oxidation sites excluding steroid dienone is 1. The summed E-state index contributed by atoms with van der Waals surface area (Å²) in [6.07, 6.45) is 4.15. The molecule has 2 amide bonds. The predicted octanol–water partition coefficient (Wildman–Crippen LogP) is 5.05. The Labute approximate surface area is 248 Å². The lowest BCUT2D eigenvalue weighted by Gasteiger charge is -2.28. The van der Waals surface area contributed by atoms with Crippen molar-refractivity contribution in [2.45, 2.75) is 22.9 Å². The maximum Gasteiger partial charge on any atom is 0.501 e. The van der Waals surface area contributed by atoms with Crippen molar-refractivity contribution < 1.29 is 50.2 Å². The number of amides is 2. The van der Waals surface area contributed by atoms with Gasteiger partial charge in [-0.15, -0.1) is 0 Å². The van der Waals surface area contributed by atoms with E-state index < -0.39 is 55.8 Å². The highest BCUT2D eigenvalue weighted by atomic mass is 32.2. The summed E-state index contributed by atoms with van der Waals surface area (Å²) in [4.78, 5) is 37.1. The molecule has 3 aromatic carbocycles. The molecule has 0 aliphatic heterocycles. The fraction of sp³-hybridized carbons (Fsp3) is 0.233. The zero-order chi connectivity index (χ0) is 32.0. The van der Waals surface area contributed by atoms with Gasteiger partial charge in [-0.1, -0.05) is 30.4 Å². The van der Waals surface area contributed by atoms with E-state index >= 15 is 4.39 Å². The predicted molar refractivity (Wildman–Crippen MR) is 149 cm³/mol. The van der Waals surface area contributed by atoms with Crippen molar-refractivity contribution in [2.24, 2.45) is 17.8 Å². The molecule has 4 atom stereocenters. The Morgan fingerprint density at radius 3 is 2.30 bits per heavy atom. The Morgan fingerprint density at radius 1 is 0.977 bits per heavy atom. The summed E-state index contributed by atoms with van der Waals surface area (Å²) in [6.45, 7) is 0. The first-order chi connectivity index (χ1) is 20.7. The number of sulfone groups is 1. The van der Waals surface area contributed by atoms with Crippen molar-refractivity contribution in [1.29, 1.82) is 0 Å². The molecule has 0 aromatic heterocycles. The van der Waals surface area contributed by atoms with Gasteiger partial charge in [-0.25, -0.2) is 17.6 Å². The maximum atomic E-state index is 15.0. The third-order valence-electron chi connectivity index (χ3n) is 7.75. The first-order valence-electron chi connectivity index (χ1n) is 13.1. The lowest BCUT2D eigenvalue weighted by Crippen LogP contribution is -2.47. The van der Waals surface area contributed by atoms with E-state index in [4.69, 9.17) is 9.84 Å². The molecule has 14 heteroatoms. The first-order valence-corrected chi connectivity index (χ1v) is 14.6. The van der Waals surface area contributed by atoms with Crippen molar-refractivity contribution >= 4 is 33.3 Å². The number of carbonyl (C=O) groups is 3. The van der Waals surface area contributed by atoms with Gasteiger partial charge in [0.15, 0.2) is 0 Å².